The quantitative estimate of drug-likeness (QED) is 0.469. The number of hydrogen-bond acceptors (Lipinski definition) is 2. The van der Waals surface area contributed by atoms with Crippen LogP contribution in [-0.4, -0.2) is 16.5 Å². The highest BCUT2D eigenvalue weighted by Gasteiger charge is 2.02. The van der Waals surface area contributed by atoms with E-state index in [-0.39, 0.29) is 0 Å². The zero-order valence-electron chi connectivity index (χ0n) is 3.31. The first kappa shape index (κ1) is 6.52. The molecule has 0 unspecified atom stereocenters. The van der Waals surface area contributed by atoms with Crippen molar-refractivity contribution in [1.29, 1.82) is 0 Å². The third-order valence-corrected chi connectivity index (χ3v) is 0.351. The predicted octanol–water partition coefficient (Wildman–Crippen LogP) is 0.0775. The van der Waals surface area contributed by atoms with Crippen molar-refractivity contribution in [2.45, 2.75) is 6.29 Å². The lowest BCUT2D eigenvalue weighted by Gasteiger charge is -1.92. The maximum Gasteiger partial charge on any atom is 0.208 e. The fourth-order valence-electron chi connectivity index (χ4n) is 0.0563. The highest BCUT2D eigenvalue weighted by Crippen LogP contribution is 1.99. The average Bonchev–Trinajstić information content (AvgIpc) is 1.65. The van der Waals surface area contributed by atoms with Gasteiger partial charge in [-0.2, -0.15) is 0 Å². The molecule has 0 spiro atoms. The lowest BCUT2D eigenvalue weighted by molar-refractivity contribution is -0.0255. The molecule has 0 rings (SSSR count). The third-order valence-electron chi connectivity index (χ3n) is 0.351. The molecule has 0 aliphatic rings. The van der Waals surface area contributed by atoms with Crippen LogP contribution in [0.15, 0.2) is 12.2 Å². The minimum atomic E-state index is -2.31. The predicted molar refractivity (Wildman–Crippen MR) is 18.5 cm³/mol. The van der Waals surface area contributed by atoms with Crippen molar-refractivity contribution in [2.75, 3.05) is 0 Å². The van der Waals surface area contributed by atoms with Crippen LogP contribution in [0, 0.1) is 0 Å². The fourth-order valence-corrected chi connectivity index (χ4v) is 0.0563. The second-order valence-corrected chi connectivity index (χ2v) is 0.868. The summed E-state index contributed by atoms with van der Waals surface area (Å²) >= 11 is 0. The average molecular weight is 110 g/mol. The number of aliphatic hydroxyl groups is 2. The molecule has 0 radical (unpaired) electrons. The first-order valence-electron chi connectivity index (χ1n) is 1.50. The van der Waals surface area contributed by atoms with E-state index >= 15 is 0 Å². The van der Waals surface area contributed by atoms with Gasteiger partial charge in [0.25, 0.3) is 0 Å². The maximum atomic E-state index is 11.2. The van der Waals surface area contributed by atoms with E-state index < -0.39 is 18.4 Å². The molecule has 0 aromatic heterocycles. The highest BCUT2D eigenvalue weighted by molar-refractivity contribution is 4.86. The zero-order valence-corrected chi connectivity index (χ0v) is 3.31. The number of halogens is 2. The van der Waals surface area contributed by atoms with E-state index in [0.717, 1.165) is 0 Å². The Kier molecular flexibility index (Phi) is 2.47. The molecule has 0 saturated heterocycles. The van der Waals surface area contributed by atoms with E-state index in [0.29, 0.717) is 0 Å². The van der Waals surface area contributed by atoms with Gasteiger partial charge in [0.15, 0.2) is 5.83 Å². The minimum absolute atomic E-state index is 0.509. The summed E-state index contributed by atoms with van der Waals surface area (Å²) in [6.45, 7) is 0. The molecule has 0 heterocycles. The summed E-state index contributed by atoms with van der Waals surface area (Å²) in [5.74, 6) is -1.58. The smallest absolute Gasteiger partial charge is 0.208 e. The van der Waals surface area contributed by atoms with Gasteiger partial charge in [0.2, 0.25) is 6.29 Å². The normalized spacial score (nSPS) is 13.0. The molecule has 0 aromatic carbocycles. The molecule has 0 atom stereocenters. The minimum Gasteiger partial charge on any atom is -0.363 e. The van der Waals surface area contributed by atoms with Crippen molar-refractivity contribution < 1.29 is 19.0 Å². The van der Waals surface area contributed by atoms with Crippen LogP contribution in [-0.2, 0) is 0 Å². The van der Waals surface area contributed by atoms with Gasteiger partial charge in [-0.05, 0) is 0 Å². The number of aliphatic hydroxyl groups excluding tert-OH is 1. The number of rotatable bonds is 1. The molecule has 0 aromatic rings. The second-order valence-electron chi connectivity index (χ2n) is 0.868. The van der Waals surface area contributed by atoms with Gasteiger partial charge in [0.1, 0.15) is 6.33 Å². The summed E-state index contributed by atoms with van der Waals surface area (Å²) in [4.78, 5) is 0. The van der Waals surface area contributed by atoms with Gasteiger partial charge in [-0.1, -0.05) is 0 Å². The summed E-state index contributed by atoms with van der Waals surface area (Å²) in [7, 11) is 0. The summed E-state index contributed by atoms with van der Waals surface area (Å²) in [6.07, 6.45) is -2.82. The summed E-state index contributed by atoms with van der Waals surface area (Å²) in [5, 5.41) is 15.4. The Bertz CT molecular complexity index is 79.0. The molecule has 4 heteroatoms. The highest BCUT2D eigenvalue weighted by atomic mass is 19.2. The fraction of sp³-hybridized carbons (Fsp3) is 0.333. The lowest BCUT2D eigenvalue weighted by atomic mass is 10.6. The molecule has 2 N–H and O–H groups in total. The van der Waals surface area contributed by atoms with Crippen LogP contribution in [0.3, 0.4) is 0 Å². The first-order valence-corrected chi connectivity index (χ1v) is 1.50. The molecule has 0 saturated carbocycles. The maximum absolute atomic E-state index is 11.2. The van der Waals surface area contributed by atoms with Crippen LogP contribution >= 0.6 is 0 Å². The Morgan fingerprint density at radius 1 is 1.57 bits per heavy atom. The van der Waals surface area contributed by atoms with Crippen molar-refractivity contribution >= 4 is 0 Å². The molecular weight excluding hydrogens is 106 g/mol. The molecule has 7 heavy (non-hydrogen) atoms. The van der Waals surface area contributed by atoms with Crippen LogP contribution < -0.4 is 0 Å². The summed E-state index contributed by atoms with van der Waals surface area (Å²) < 4.78 is 22.0. The van der Waals surface area contributed by atoms with Crippen LogP contribution in [0.2, 0.25) is 0 Å². The Morgan fingerprint density at radius 2 is 2.00 bits per heavy atom. The van der Waals surface area contributed by atoms with Gasteiger partial charge in [-0.25, -0.2) is 8.78 Å². The Hall–Kier alpha value is -0.480. The Balaban J connectivity index is 3.56. The number of hydrogen-bond donors (Lipinski definition) is 2. The van der Waals surface area contributed by atoms with Crippen LogP contribution in [0.5, 0.6) is 0 Å². The van der Waals surface area contributed by atoms with Crippen molar-refractivity contribution in [1.82, 2.24) is 0 Å². The van der Waals surface area contributed by atoms with Gasteiger partial charge in [-0.3, -0.25) is 0 Å². The van der Waals surface area contributed by atoms with Gasteiger partial charge in [0.05, 0.1) is 0 Å². The zero-order chi connectivity index (χ0) is 5.86. The van der Waals surface area contributed by atoms with Gasteiger partial charge in [-0.15, -0.1) is 0 Å². The van der Waals surface area contributed by atoms with E-state index in [2.05, 4.69) is 0 Å². The van der Waals surface area contributed by atoms with E-state index in [4.69, 9.17) is 10.2 Å². The van der Waals surface area contributed by atoms with Crippen LogP contribution in [0.25, 0.3) is 0 Å². The van der Waals surface area contributed by atoms with Crippen molar-refractivity contribution in [2.24, 2.45) is 0 Å². The van der Waals surface area contributed by atoms with E-state index in [1.165, 1.54) is 0 Å². The summed E-state index contributed by atoms with van der Waals surface area (Å²) in [5.41, 5.74) is 0. The van der Waals surface area contributed by atoms with E-state index in [1.807, 2.05) is 0 Å². The Morgan fingerprint density at radius 3 is 2.00 bits per heavy atom. The summed E-state index contributed by atoms with van der Waals surface area (Å²) in [6, 6.07) is 0. The van der Waals surface area contributed by atoms with Crippen molar-refractivity contribution in [3.63, 3.8) is 0 Å². The van der Waals surface area contributed by atoms with Crippen molar-refractivity contribution in [3.8, 4) is 0 Å². The van der Waals surface area contributed by atoms with Gasteiger partial charge >= 0.3 is 0 Å². The molecule has 0 fully saturated rings. The third kappa shape index (κ3) is 2.24. The topological polar surface area (TPSA) is 40.5 Å². The van der Waals surface area contributed by atoms with Crippen LogP contribution in [0.1, 0.15) is 0 Å². The molecule has 42 valence electrons. The molecular formula is C3H4F2O2. The molecule has 0 aliphatic heterocycles. The lowest BCUT2D eigenvalue weighted by Crippen LogP contribution is -2.03. The second kappa shape index (κ2) is 2.65. The standard InChI is InChI=1S/C3H4F2O2/c4-1-2(5)3(6)7/h1,3,6-7H. The van der Waals surface area contributed by atoms with Gasteiger partial charge < -0.3 is 10.2 Å². The molecule has 0 aliphatic carbocycles. The molecule has 2 nitrogen and oxygen atoms in total. The van der Waals surface area contributed by atoms with Gasteiger partial charge in [0, 0.05) is 0 Å². The first-order chi connectivity index (χ1) is 3.18. The van der Waals surface area contributed by atoms with E-state index in [1.54, 1.807) is 0 Å². The van der Waals surface area contributed by atoms with E-state index in [9.17, 15) is 8.78 Å². The van der Waals surface area contributed by atoms with Crippen molar-refractivity contribution in [3.05, 3.63) is 12.2 Å². The monoisotopic (exact) mass is 110 g/mol. The molecule has 0 bridgehead atoms. The SMILES string of the molecule is OC(O)C(F)=CF. The Labute approximate surface area is 38.7 Å². The molecule has 0 amide bonds. The largest absolute Gasteiger partial charge is 0.363 e. The van der Waals surface area contributed by atoms with Crippen LogP contribution in [0.4, 0.5) is 8.78 Å².